The fraction of sp³-hybridized carbons (Fsp3) is 0.556. The Hall–Kier alpha value is -2.06. The van der Waals surface area contributed by atoms with Gasteiger partial charge in [0.05, 0.1) is 11.6 Å². The van der Waals surface area contributed by atoms with E-state index in [2.05, 4.69) is 16.3 Å². The number of nitriles is 1. The summed E-state index contributed by atoms with van der Waals surface area (Å²) in [5, 5.41) is 11.9. The van der Waals surface area contributed by atoms with Gasteiger partial charge in [-0.15, -0.1) is 0 Å². The molecule has 23 heavy (non-hydrogen) atoms. The summed E-state index contributed by atoms with van der Waals surface area (Å²) < 4.78 is 5.72. The Labute approximate surface area is 137 Å². The van der Waals surface area contributed by atoms with Crippen molar-refractivity contribution in [3.8, 4) is 11.8 Å². The SMILES string of the molecule is N#Cc1ccc(OCCN2CCC(NC(=O)C3CC3)CC2)cc1. The Kier molecular flexibility index (Phi) is 5.14. The van der Waals surface area contributed by atoms with Crippen molar-refractivity contribution >= 4 is 5.91 Å². The van der Waals surface area contributed by atoms with Gasteiger partial charge < -0.3 is 10.1 Å². The summed E-state index contributed by atoms with van der Waals surface area (Å²) in [6.07, 6.45) is 4.18. The number of hydrogen-bond donors (Lipinski definition) is 1. The molecule has 1 aliphatic carbocycles. The maximum atomic E-state index is 11.8. The molecule has 1 amide bonds. The van der Waals surface area contributed by atoms with Gasteiger partial charge in [-0.1, -0.05) is 0 Å². The highest BCUT2D eigenvalue weighted by Crippen LogP contribution is 2.29. The third-order valence-electron chi connectivity index (χ3n) is 4.54. The van der Waals surface area contributed by atoms with E-state index >= 15 is 0 Å². The summed E-state index contributed by atoms with van der Waals surface area (Å²) in [6, 6.07) is 9.64. The number of amides is 1. The van der Waals surface area contributed by atoms with Gasteiger partial charge >= 0.3 is 0 Å². The molecule has 1 aromatic rings. The molecular formula is C18H23N3O2. The van der Waals surface area contributed by atoms with Gasteiger partial charge in [0, 0.05) is 31.6 Å². The first kappa shape index (κ1) is 15.8. The molecule has 1 saturated carbocycles. The van der Waals surface area contributed by atoms with Crippen LogP contribution < -0.4 is 10.1 Å². The van der Waals surface area contributed by atoms with Gasteiger partial charge in [-0.25, -0.2) is 0 Å². The molecule has 0 radical (unpaired) electrons. The lowest BCUT2D eigenvalue weighted by atomic mass is 10.0. The molecule has 122 valence electrons. The molecule has 2 aliphatic rings. The number of nitrogens with one attached hydrogen (secondary N) is 1. The largest absolute Gasteiger partial charge is 0.492 e. The quantitative estimate of drug-likeness (QED) is 0.871. The molecule has 0 bridgehead atoms. The molecule has 0 atom stereocenters. The van der Waals surface area contributed by atoms with Crippen molar-refractivity contribution < 1.29 is 9.53 Å². The minimum atomic E-state index is 0.257. The summed E-state index contributed by atoms with van der Waals surface area (Å²) in [6.45, 7) is 3.55. The van der Waals surface area contributed by atoms with Crippen molar-refractivity contribution in [2.45, 2.75) is 31.7 Å². The van der Waals surface area contributed by atoms with Crippen molar-refractivity contribution in [2.75, 3.05) is 26.2 Å². The molecule has 1 aromatic carbocycles. The Morgan fingerprint density at radius 1 is 1.22 bits per heavy atom. The molecule has 1 aliphatic heterocycles. The number of carbonyl (C=O) groups excluding carboxylic acids is 1. The maximum absolute atomic E-state index is 11.8. The van der Waals surface area contributed by atoms with E-state index in [9.17, 15) is 4.79 Å². The molecule has 3 rings (SSSR count). The molecular weight excluding hydrogens is 290 g/mol. The van der Waals surface area contributed by atoms with Crippen LogP contribution in [0.1, 0.15) is 31.2 Å². The number of piperidine rings is 1. The molecule has 2 fully saturated rings. The average molecular weight is 313 g/mol. The first-order valence-corrected chi connectivity index (χ1v) is 8.40. The minimum Gasteiger partial charge on any atom is -0.492 e. The highest BCUT2D eigenvalue weighted by molar-refractivity contribution is 5.81. The van der Waals surface area contributed by atoms with E-state index in [1.807, 2.05) is 12.1 Å². The Balaban J connectivity index is 1.32. The van der Waals surface area contributed by atoms with Crippen LogP contribution in [0.5, 0.6) is 5.75 Å². The number of nitrogens with zero attached hydrogens (tertiary/aromatic N) is 2. The number of rotatable bonds is 6. The van der Waals surface area contributed by atoms with Gasteiger partial charge in [0.2, 0.25) is 5.91 Å². The Morgan fingerprint density at radius 2 is 1.91 bits per heavy atom. The van der Waals surface area contributed by atoms with E-state index < -0.39 is 0 Å². The average Bonchev–Trinajstić information content (AvgIpc) is 3.42. The zero-order chi connectivity index (χ0) is 16.1. The summed E-state index contributed by atoms with van der Waals surface area (Å²) in [5.41, 5.74) is 0.646. The van der Waals surface area contributed by atoms with E-state index in [1.165, 1.54) is 0 Å². The molecule has 0 unspecified atom stereocenters. The predicted molar refractivity (Wildman–Crippen MR) is 87.0 cm³/mol. The normalized spacial score (nSPS) is 19.1. The number of likely N-dealkylation sites (tertiary alicyclic amines) is 1. The van der Waals surface area contributed by atoms with E-state index in [4.69, 9.17) is 10.00 Å². The van der Waals surface area contributed by atoms with Gasteiger partial charge in [-0.3, -0.25) is 9.69 Å². The highest BCUT2D eigenvalue weighted by atomic mass is 16.5. The monoisotopic (exact) mass is 313 g/mol. The molecule has 1 heterocycles. The molecule has 0 spiro atoms. The van der Waals surface area contributed by atoms with Crippen molar-refractivity contribution in [2.24, 2.45) is 5.92 Å². The van der Waals surface area contributed by atoms with Gasteiger partial charge in [-0.2, -0.15) is 5.26 Å². The summed E-state index contributed by atoms with van der Waals surface area (Å²) in [5.74, 6) is 1.36. The molecule has 5 nitrogen and oxygen atoms in total. The van der Waals surface area contributed by atoms with Crippen LogP contribution in [0.2, 0.25) is 0 Å². The standard InChI is InChI=1S/C18H23N3O2/c19-13-14-1-5-17(6-2-14)23-12-11-21-9-7-16(8-10-21)20-18(22)15-3-4-15/h1-2,5-6,15-16H,3-4,7-12H2,(H,20,22). The zero-order valence-corrected chi connectivity index (χ0v) is 13.3. The Morgan fingerprint density at radius 3 is 2.52 bits per heavy atom. The fourth-order valence-electron chi connectivity index (χ4n) is 2.88. The van der Waals surface area contributed by atoms with Crippen LogP contribution in [0.25, 0.3) is 0 Å². The lowest BCUT2D eigenvalue weighted by molar-refractivity contribution is -0.123. The summed E-state index contributed by atoms with van der Waals surface area (Å²) in [4.78, 5) is 14.1. The second kappa shape index (κ2) is 7.47. The van der Waals surface area contributed by atoms with Gasteiger partial charge in [-0.05, 0) is 49.9 Å². The second-order valence-corrected chi connectivity index (χ2v) is 6.38. The van der Waals surface area contributed by atoms with E-state index in [1.54, 1.807) is 12.1 Å². The number of benzene rings is 1. The van der Waals surface area contributed by atoms with Crippen LogP contribution >= 0.6 is 0 Å². The minimum absolute atomic E-state index is 0.257. The van der Waals surface area contributed by atoms with Crippen LogP contribution in [0.4, 0.5) is 0 Å². The lowest BCUT2D eigenvalue weighted by Gasteiger charge is -2.32. The molecule has 1 saturated heterocycles. The topological polar surface area (TPSA) is 65.4 Å². The number of ether oxygens (including phenoxy) is 1. The van der Waals surface area contributed by atoms with Gasteiger partial charge in [0.15, 0.2) is 0 Å². The fourth-order valence-corrected chi connectivity index (χ4v) is 2.88. The number of hydrogen-bond acceptors (Lipinski definition) is 4. The maximum Gasteiger partial charge on any atom is 0.223 e. The van der Waals surface area contributed by atoms with Gasteiger partial charge in [0.1, 0.15) is 12.4 Å². The lowest BCUT2D eigenvalue weighted by Crippen LogP contribution is -2.45. The predicted octanol–water partition coefficient (Wildman–Crippen LogP) is 1.93. The van der Waals surface area contributed by atoms with Crippen LogP contribution in [0, 0.1) is 17.2 Å². The molecule has 0 aromatic heterocycles. The van der Waals surface area contributed by atoms with Crippen molar-refractivity contribution in [1.82, 2.24) is 10.2 Å². The van der Waals surface area contributed by atoms with E-state index in [-0.39, 0.29) is 5.91 Å². The first-order chi connectivity index (χ1) is 11.2. The van der Waals surface area contributed by atoms with E-state index in [0.29, 0.717) is 24.1 Å². The smallest absolute Gasteiger partial charge is 0.223 e. The van der Waals surface area contributed by atoms with Crippen molar-refractivity contribution in [1.29, 1.82) is 5.26 Å². The molecule has 5 heteroatoms. The number of carbonyl (C=O) groups is 1. The summed E-state index contributed by atoms with van der Waals surface area (Å²) in [7, 11) is 0. The third-order valence-corrected chi connectivity index (χ3v) is 4.54. The van der Waals surface area contributed by atoms with Crippen LogP contribution in [-0.4, -0.2) is 43.1 Å². The summed E-state index contributed by atoms with van der Waals surface area (Å²) >= 11 is 0. The molecule has 1 N–H and O–H groups in total. The van der Waals surface area contributed by atoms with Crippen LogP contribution in [0.15, 0.2) is 24.3 Å². The van der Waals surface area contributed by atoms with Crippen LogP contribution in [0.3, 0.4) is 0 Å². The van der Waals surface area contributed by atoms with Crippen LogP contribution in [-0.2, 0) is 4.79 Å². The zero-order valence-electron chi connectivity index (χ0n) is 13.3. The second-order valence-electron chi connectivity index (χ2n) is 6.38. The highest BCUT2D eigenvalue weighted by Gasteiger charge is 2.31. The van der Waals surface area contributed by atoms with Crippen molar-refractivity contribution in [3.05, 3.63) is 29.8 Å². The Bertz CT molecular complexity index is 567. The van der Waals surface area contributed by atoms with Crippen molar-refractivity contribution in [3.63, 3.8) is 0 Å². The van der Waals surface area contributed by atoms with Gasteiger partial charge in [0.25, 0.3) is 0 Å². The van der Waals surface area contributed by atoms with E-state index in [0.717, 1.165) is 51.1 Å². The first-order valence-electron chi connectivity index (χ1n) is 8.40. The third kappa shape index (κ3) is 4.70.